The largest absolute Gasteiger partial charge is 0.330 e. The van der Waals surface area contributed by atoms with Crippen LogP contribution >= 0.6 is 0 Å². The summed E-state index contributed by atoms with van der Waals surface area (Å²) in [6, 6.07) is 18.9. The fourth-order valence-corrected chi connectivity index (χ4v) is 2.08. The van der Waals surface area contributed by atoms with Crippen LogP contribution < -0.4 is 11.5 Å². The smallest absolute Gasteiger partial charge is 0.0295 e. The lowest BCUT2D eigenvalue weighted by molar-refractivity contribution is 0.618. The van der Waals surface area contributed by atoms with E-state index in [4.69, 9.17) is 11.5 Å². The summed E-state index contributed by atoms with van der Waals surface area (Å²) in [5.74, 6) is 0. The molecule has 4 N–H and O–H groups in total. The molecule has 0 aliphatic heterocycles. The van der Waals surface area contributed by atoms with Crippen LogP contribution in [0.15, 0.2) is 54.6 Å². The molecule has 0 aliphatic rings. The number of nitrogens with two attached hydrogens (primary N) is 2. The van der Waals surface area contributed by atoms with E-state index in [9.17, 15) is 0 Å². The first-order valence-corrected chi connectivity index (χ1v) is 6.42. The average Bonchev–Trinajstić information content (AvgIpc) is 2.46. The van der Waals surface area contributed by atoms with Gasteiger partial charge >= 0.3 is 0 Å². The third-order valence-electron chi connectivity index (χ3n) is 3.14. The van der Waals surface area contributed by atoms with Crippen molar-refractivity contribution in [3.8, 4) is 11.1 Å². The quantitative estimate of drug-likeness (QED) is 0.843. The lowest BCUT2D eigenvalue weighted by Gasteiger charge is -2.13. The highest BCUT2D eigenvalue weighted by atomic mass is 14.6. The molecule has 0 radical (unpaired) electrons. The molecule has 0 aliphatic carbocycles. The second-order valence-electron chi connectivity index (χ2n) is 4.53. The van der Waals surface area contributed by atoms with Crippen LogP contribution in [0, 0.1) is 0 Å². The Labute approximate surface area is 109 Å². The maximum absolute atomic E-state index is 6.17. The zero-order valence-electron chi connectivity index (χ0n) is 10.5. The number of hydrogen-bond donors (Lipinski definition) is 2. The zero-order chi connectivity index (χ0) is 12.8. The van der Waals surface area contributed by atoms with Crippen LogP contribution in [-0.2, 0) is 0 Å². The number of hydrogen-bond acceptors (Lipinski definition) is 2. The molecule has 0 amide bonds. The molecule has 2 heteroatoms. The van der Waals surface area contributed by atoms with E-state index in [1.54, 1.807) is 0 Å². The van der Waals surface area contributed by atoms with Gasteiger partial charge in [-0.25, -0.2) is 0 Å². The normalized spacial score (nSPS) is 12.3. The molecule has 2 rings (SSSR count). The SMILES string of the molecule is NCCC[C@H](N)c1cccc(-c2ccccc2)c1. The second kappa shape index (κ2) is 6.34. The molecule has 2 aromatic rings. The fourth-order valence-electron chi connectivity index (χ4n) is 2.08. The molecule has 0 bridgehead atoms. The van der Waals surface area contributed by atoms with Gasteiger partial charge in [0.2, 0.25) is 0 Å². The van der Waals surface area contributed by atoms with Crippen molar-refractivity contribution in [1.82, 2.24) is 0 Å². The van der Waals surface area contributed by atoms with Gasteiger partial charge in [0.1, 0.15) is 0 Å². The lowest BCUT2D eigenvalue weighted by Crippen LogP contribution is -2.12. The van der Waals surface area contributed by atoms with Gasteiger partial charge in [0, 0.05) is 6.04 Å². The molecule has 0 saturated heterocycles. The van der Waals surface area contributed by atoms with Gasteiger partial charge in [-0.15, -0.1) is 0 Å². The van der Waals surface area contributed by atoms with Crippen molar-refractivity contribution in [2.75, 3.05) is 6.54 Å². The fraction of sp³-hybridized carbons (Fsp3) is 0.250. The zero-order valence-corrected chi connectivity index (χ0v) is 10.5. The Bertz CT molecular complexity index is 479. The molecular formula is C16H20N2. The van der Waals surface area contributed by atoms with E-state index in [0.29, 0.717) is 6.54 Å². The highest BCUT2D eigenvalue weighted by molar-refractivity contribution is 5.64. The van der Waals surface area contributed by atoms with E-state index in [-0.39, 0.29) is 6.04 Å². The van der Waals surface area contributed by atoms with E-state index in [2.05, 4.69) is 48.5 Å². The first kappa shape index (κ1) is 12.8. The summed E-state index contributed by atoms with van der Waals surface area (Å²) >= 11 is 0. The van der Waals surface area contributed by atoms with Crippen LogP contribution in [0.3, 0.4) is 0 Å². The van der Waals surface area contributed by atoms with Gasteiger partial charge in [-0.1, -0.05) is 48.5 Å². The first-order valence-electron chi connectivity index (χ1n) is 6.42. The third kappa shape index (κ3) is 3.19. The van der Waals surface area contributed by atoms with Gasteiger partial charge < -0.3 is 11.5 Å². The highest BCUT2D eigenvalue weighted by Gasteiger charge is 2.06. The topological polar surface area (TPSA) is 52.0 Å². The summed E-state index contributed by atoms with van der Waals surface area (Å²) in [4.78, 5) is 0. The van der Waals surface area contributed by atoms with Crippen molar-refractivity contribution in [3.63, 3.8) is 0 Å². The third-order valence-corrected chi connectivity index (χ3v) is 3.14. The van der Waals surface area contributed by atoms with E-state index in [1.165, 1.54) is 16.7 Å². The summed E-state index contributed by atoms with van der Waals surface area (Å²) in [5.41, 5.74) is 15.3. The standard InChI is InChI=1S/C16H20N2/c17-11-5-10-16(18)15-9-4-8-14(12-15)13-6-2-1-3-7-13/h1-4,6-9,12,16H,5,10-11,17-18H2/t16-/m0/s1. The van der Waals surface area contributed by atoms with Crippen LogP contribution in [0.5, 0.6) is 0 Å². The van der Waals surface area contributed by atoms with Crippen LogP contribution in [0.2, 0.25) is 0 Å². The monoisotopic (exact) mass is 240 g/mol. The van der Waals surface area contributed by atoms with Crippen molar-refractivity contribution >= 4 is 0 Å². The Morgan fingerprint density at radius 3 is 2.33 bits per heavy atom. The van der Waals surface area contributed by atoms with Gasteiger partial charge in [0.15, 0.2) is 0 Å². The number of benzene rings is 2. The Kier molecular flexibility index (Phi) is 4.51. The number of rotatable bonds is 5. The molecule has 2 nitrogen and oxygen atoms in total. The van der Waals surface area contributed by atoms with Crippen LogP contribution in [0.4, 0.5) is 0 Å². The van der Waals surface area contributed by atoms with Crippen molar-refractivity contribution < 1.29 is 0 Å². The van der Waals surface area contributed by atoms with Gasteiger partial charge in [-0.2, -0.15) is 0 Å². The molecule has 94 valence electrons. The Balaban J connectivity index is 2.20. The highest BCUT2D eigenvalue weighted by Crippen LogP contribution is 2.23. The van der Waals surface area contributed by atoms with Gasteiger partial charge in [-0.05, 0) is 42.1 Å². The molecule has 18 heavy (non-hydrogen) atoms. The average molecular weight is 240 g/mol. The minimum atomic E-state index is 0.0808. The lowest BCUT2D eigenvalue weighted by atomic mass is 9.97. The summed E-state index contributed by atoms with van der Waals surface area (Å²) < 4.78 is 0. The summed E-state index contributed by atoms with van der Waals surface area (Å²) in [6.45, 7) is 0.700. The molecule has 0 saturated carbocycles. The van der Waals surface area contributed by atoms with E-state index in [0.717, 1.165) is 12.8 Å². The molecule has 2 aromatic carbocycles. The van der Waals surface area contributed by atoms with Crippen molar-refractivity contribution in [2.24, 2.45) is 11.5 Å². The maximum atomic E-state index is 6.17. The molecule has 0 heterocycles. The Morgan fingerprint density at radius 1 is 0.889 bits per heavy atom. The van der Waals surface area contributed by atoms with Crippen LogP contribution in [0.25, 0.3) is 11.1 Å². The molecule has 0 fully saturated rings. The second-order valence-corrected chi connectivity index (χ2v) is 4.53. The minimum Gasteiger partial charge on any atom is -0.330 e. The minimum absolute atomic E-state index is 0.0808. The predicted molar refractivity (Wildman–Crippen MR) is 77.1 cm³/mol. The maximum Gasteiger partial charge on any atom is 0.0295 e. The van der Waals surface area contributed by atoms with Gasteiger partial charge in [0.25, 0.3) is 0 Å². The van der Waals surface area contributed by atoms with Gasteiger partial charge in [0.05, 0.1) is 0 Å². The van der Waals surface area contributed by atoms with Crippen LogP contribution in [-0.4, -0.2) is 6.54 Å². The first-order chi connectivity index (χ1) is 8.81. The van der Waals surface area contributed by atoms with Gasteiger partial charge in [-0.3, -0.25) is 0 Å². The molecule has 1 atom stereocenters. The molecule has 0 unspecified atom stereocenters. The van der Waals surface area contributed by atoms with Crippen molar-refractivity contribution in [3.05, 3.63) is 60.2 Å². The van der Waals surface area contributed by atoms with Crippen molar-refractivity contribution in [2.45, 2.75) is 18.9 Å². The predicted octanol–water partition coefficient (Wildman–Crippen LogP) is 3.09. The van der Waals surface area contributed by atoms with E-state index < -0.39 is 0 Å². The van der Waals surface area contributed by atoms with E-state index >= 15 is 0 Å². The molecule has 0 aromatic heterocycles. The summed E-state index contributed by atoms with van der Waals surface area (Å²) in [7, 11) is 0. The van der Waals surface area contributed by atoms with Crippen LogP contribution in [0.1, 0.15) is 24.4 Å². The summed E-state index contributed by atoms with van der Waals surface area (Å²) in [6.07, 6.45) is 1.91. The Hall–Kier alpha value is -1.64. The molecule has 0 spiro atoms. The Morgan fingerprint density at radius 2 is 1.61 bits per heavy atom. The van der Waals surface area contributed by atoms with E-state index in [1.807, 2.05) is 6.07 Å². The van der Waals surface area contributed by atoms with Crippen molar-refractivity contribution in [1.29, 1.82) is 0 Å². The summed E-state index contributed by atoms with van der Waals surface area (Å²) in [5, 5.41) is 0. The molecular weight excluding hydrogens is 220 g/mol.